The highest BCUT2D eigenvalue weighted by Gasteiger charge is 2.25. The molecule has 8 heteroatoms. The van der Waals surface area contributed by atoms with Gasteiger partial charge in [-0.1, -0.05) is 12.1 Å². The zero-order valence-corrected chi connectivity index (χ0v) is 13.2. The van der Waals surface area contributed by atoms with Crippen molar-refractivity contribution < 1.29 is 17.6 Å². The first-order chi connectivity index (χ1) is 10.9. The van der Waals surface area contributed by atoms with Crippen molar-refractivity contribution in [2.75, 3.05) is 13.6 Å². The third-order valence-corrected chi connectivity index (χ3v) is 4.96. The second kappa shape index (κ2) is 7.09. The van der Waals surface area contributed by atoms with Crippen LogP contribution in [0.3, 0.4) is 0 Å². The van der Waals surface area contributed by atoms with Crippen LogP contribution in [0.2, 0.25) is 0 Å². The van der Waals surface area contributed by atoms with Gasteiger partial charge in [-0.25, -0.2) is 8.42 Å². The van der Waals surface area contributed by atoms with Gasteiger partial charge in [-0.15, -0.1) is 0 Å². The quantitative estimate of drug-likeness (QED) is 0.852. The summed E-state index contributed by atoms with van der Waals surface area (Å²) < 4.78 is 30.9. The maximum Gasteiger partial charge on any atom is 0.244 e. The Bertz CT molecular complexity index is 823. The Balaban J connectivity index is 2.05. The van der Waals surface area contributed by atoms with Crippen LogP contribution >= 0.6 is 0 Å². The molecule has 0 spiro atoms. The summed E-state index contributed by atoms with van der Waals surface area (Å²) in [6, 6.07) is 11.1. The first kappa shape index (κ1) is 16.7. The molecule has 0 atom stereocenters. The molecule has 0 bridgehead atoms. The van der Waals surface area contributed by atoms with Crippen LogP contribution in [0.4, 0.5) is 0 Å². The van der Waals surface area contributed by atoms with Gasteiger partial charge in [0.05, 0.1) is 29.8 Å². The first-order valence-electron chi connectivity index (χ1n) is 6.69. The molecule has 0 aliphatic rings. The van der Waals surface area contributed by atoms with Gasteiger partial charge in [0.2, 0.25) is 15.9 Å². The topological polar surface area (TPSA) is 103 Å². The normalized spacial score (nSPS) is 11.2. The summed E-state index contributed by atoms with van der Waals surface area (Å²) in [7, 11) is -2.63. The van der Waals surface area contributed by atoms with Crippen LogP contribution in [0.1, 0.15) is 11.3 Å². The Labute approximate surface area is 134 Å². The largest absolute Gasteiger partial charge is 0.467 e. The predicted octanol–water partition coefficient (Wildman–Crippen LogP) is 1.09. The van der Waals surface area contributed by atoms with E-state index in [0.717, 1.165) is 4.31 Å². The Morgan fingerprint density at radius 3 is 2.70 bits per heavy atom. The van der Waals surface area contributed by atoms with Crippen LogP contribution in [0.25, 0.3) is 0 Å². The van der Waals surface area contributed by atoms with E-state index in [-0.39, 0.29) is 23.5 Å². The molecule has 1 aromatic carbocycles. The van der Waals surface area contributed by atoms with Crippen LogP contribution in [0, 0.1) is 11.3 Å². The Morgan fingerprint density at radius 2 is 2.04 bits per heavy atom. The molecule has 0 saturated heterocycles. The van der Waals surface area contributed by atoms with Crippen LogP contribution in [0.5, 0.6) is 0 Å². The van der Waals surface area contributed by atoms with Crippen molar-refractivity contribution in [1.29, 1.82) is 5.26 Å². The number of carbonyl (C=O) groups is 1. The fourth-order valence-electron chi connectivity index (χ4n) is 1.89. The Kier molecular flexibility index (Phi) is 5.16. The molecule has 1 aromatic heterocycles. The molecular weight excluding hydrogens is 318 g/mol. The number of benzene rings is 1. The molecule has 120 valence electrons. The van der Waals surface area contributed by atoms with Crippen molar-refractivity contribution in [3.05, 3.63) is 54.0 Å². The molecule has 0 fully saturated rings. The smallest absolute Gasteiger partial charge is 0.244 e. The summed E-state index contributed by atoms with van der Waals surface area (Å²) in [6.45, 7) is -0.183. The number of hydrogen-bond donors (Lipinski definition) is 1. The highest BCUT2D eigenvalue weighted by Crippen LogP contribution is 2.18. The zero-order chi connectivity index (χ0) is 16.9. The third kappa shape index (κ3) is 3.97. The lowest BCUT2D eigenvalue weighted by Crippen LogP contribution is -2.38. The summed E-state index contributed by atoms with van der Waals surface area (Å²) >= 11 is 0. The predicted molar refractivity (Wildman–Crippen MR) is 81.5 cm³/mol. The molecule has 1 amide bonds. The summed E-state index contributed by atoms with van der Waals surface area (Å²) in [5.41, 5.74) is 0.0374. The monoisotopic (exact) mass is 333 g/mol. The van der Waals surface area contributed by atoms with Crippen LogP contribution < -0.4 is 5.32 Å². The highest BCUT2D eigenvalue weighted by molar-refractivity contribution is 7.89. The van der Waals surface area contributed by atoms with E-state index in [2.05, 4.69) is 5.32 Å². The van der Waals surface area contributed by atoms with Gasteiger partial charge >= 0.3 is 0 Å². The van der Waals surface area contributed by atoms with Crippen molar-refractivity contribution in [2.45, 2.75) is 11.4 Å². The van der Waals surface area contributed by atoms with Gasteiger partial charge in [0.25, 0.3) is 0 Å². The van der Waals surface area contributed by atoms with Crippen LogP contribution in [0.15, 0.2) is 52.0 Å². The fourth-order valence-corrected chi connectivity index (χ4v) is 3.16. The van der Waals surface area contributed by atoms with E-state index in [9.17, 15) is 13.2 Å². The molecule has 0 aliphatic carbocycles. The summed E-state index contributed by atoms with van der Waals surface area (Å²) in [5, 5.41) is 11.6. The number of hydrogen-bond acceptors (Lipinski definition) is 5. The van der Waals surface area contributed by atoms with Crippen molar-refractivity contribution in [2.24, 2.45) is 0 Å². The second-order valence-corrected chi connectivity index (χ2v) is 6.74. The summed E-state index contributed by atoms with van der Waals surface area (Å²) in [4.78, 5) is 11.7. The molecule has 1 N–H and O–H groups in total. The number of furan rings is 1. The van der Waals surface area contributed by atoms with Gasteiger partial charge in [-0.3, -0.25) is 4.79 Å². The van der Waals surface area contributed by atoms with E-state index < -0.39 is 15.9 Å². The zero-order valence-electron chi connectivity index (χ0n) is 12.4. The molecule has 0 aliphatic heterocycles. The maximum atomic E-state index is 12.5. The Hall–Kier alpha value is -2.63. The lowest BCUT2D eigenvalue weighted by atomic mass is 10.2. The van der Waals surface area contributed by atoms with Gasteiger partial charge in [0, 0.05) is 7.05 Å². The average molecular weight is 333 g/mol. The number of amides is 1. The minimum absolute atomic E-state index is 0.0374. The van der Waals surface area contributed by atoms with Gasteiger partial charge in [-0.2, -0.15) is 9.57 Å². The van der Waals surface area contributed by atoms with Crippen molar-refractivity contribution >= 4 is 15.9 Å². The molecule has 0 radical (unpaired) electrons. The van der Waals surface area contributed by atoms with E-state index in [0.29, 0.717) is 5.76 Å². The minimum atomic E-state index is -3.92. The number of carbonyl (C=O) groups excluding carboxylic acids is 1. The molecule has 1 heterocycles. The number of likely N-dealkylation sites (N-methyl/N-ethyl adjacent to an activating group) is 1. The molecule has 7 nitrogen and oxygen atoms in total. The SMILES string of the molecule is CN(CC(=O)NCc1ccco1)S(=O)(=O)c1ccccc1C#N. The molecular formula is C15H15N3O4S. The van der Waals surface area contributed by atoms with E-state index in [1.807, 2.05) is 6.07 Å². The van der Waals surface area contributed by atoms with E-state index >= 15 is 0 Å². The van der Waals surface area contributed by atoms with Crippen molar-refractivity contribution in [3.63, 3.8) is 0 Å². The number of nitriles is 1. The molecule has 23 heavy (non-hydrogen) atoms. The lowest BCUT2D eigenvalue weighted by molar-refractivity contribution is -0.121. The average Bonchev–Trinajstić information content (AvgIpc) is 3.06. The highest BCUT2D eigenvalue weighted by atomic mass is 32.2. The fraction of sp³-hybridized carbons (Fsp3) is 0.200. The van der Waals surface area contributed by atoms with Gasteiger partial charge in [0.15, 0.2) is 0 Å². The second-order valence-electron chi connectivity index (χ2n) is 4.73. The third-order valence-electron chi connectivity index (χ3n) is 3.10. The van der Waals surface area contributed by atoms with Gasteiger partial charge in [0.1, 0.15) is 11.8 Å². The maximum absolute atomic E-state index is 12.5. The molecule has 2 rings (SSSR count). The standard InChI is InChI=1S/C15H15N3O4S/c1-18(11-15(19)17-10-13-6-4-8-22-13)23(20,21)14-7-3-2-5-12(14)9-16/h2-8H,10-11H2,1H3,(H,17,19). The summed E-state index contributed by atoms with van der Waals surface area (Å²) in [5.74, 6) is 0.0978. The molecule has 0 saturated carbocycles. The lowest BCUT2D eigenvalue weighted by Gasteiger charge is -2.17. The van der Waals surface area contributed by atoms with Crippen molar-refractivity contribution in [1.82, 2.24) is 9.62 Å². The number of nitrogens with zero attached hydrogens (tertiary/aromatic N) is 2. The summed E-state index contributed by atoms with van der Waals surface area (Å²) in [6.07, 6.45) is 1.48. The number of rotatable bonds is 6. The van der Waals surface area contributed by atoms with E-state index in [4.69, 9.17) is 9.68 Å². The van der Waals surface area contributed by atoms with E-state index in [1.165, 1.54) is 31.5 Å². The van der Waals surface area contributed by atoms with Gasteiger partial charge < -0.3 is 9.73 Å². The van der Waals surface area contributed by atoms with Gasteiger partial charge in [-0.05, 0) is 24.3 Å². The van der Waals surface area contributed by atoms with Crippen LogP contribution in [-0.2, 0) is 21.4 Å². The molecule has 2 aromatic rings. The Morgan fingerprint density at radius 1 is 1.30 bits per heavy atom. The number of nitrogens with one attached hydrogen (secondary N) is 1. The van der Waals surface area contributed by atoms with E-state index in [1.54, 1.807) is 18.2 Å². The van der Waals surface area contributed by atoms with Crippen molar-refractivity contribution in [3.8, 4) is 6.07 Å². The first-order valence-corrected chi connectivity index (χ1v) is 8.13. The van der Waals surface area contributed by atoms with Crippen LogP contribution in [-0.4, -0.2) is 32.2 Å². The molecule has 0 unspecified atom stereocenters. The minimum Gasteiger partial charge on any atom is -0.467 e. The number of sulfonamides is 1.